The highest BCUT2D eigenvalue weighted by Gasteiger charge is 2.33. The van der Waals surface area contributed by atoms with Gasteiger partial charge in [-0.3, -0.25) is 9.59 Å². The van der Waals surface area contributed by atoms with Crippen molar-refractivity contribution in [3.63, 3.8) is 0 Å². The maximum atomic E-state index is 12.7. The number of amides is 2. The highest BCUT2D eigenvalue weighted by atomic mass is 16.5. The molecule has 118 valence electrons. The van der Waals surface area contributed by atoms with Crippen molar-refractivity contribution in [2.75, 3.05) is 32.8 Å². The quantitative estimate of drug-likeness (QED) is 0.724. The van der Waals surface area contributed by atoms with E-state index in [1.165, 1.54) is 6.08 Å². The van der Waals surface area contributed by atoms with Gasteiger partial charge in [0.15, 0.2) is 0 Å². The third-order valence-electron chi connectivity index (χ3n) is 4.28. The van der Waals surface area contributed by atoms with Crippen LogP contribution in [-0.4, -0.2) is 60.0 Å². The van der Waals surface area contributed by atoms with Gasteiger partial charge in [0.25, 0.3) is 0 Å². The SMILES string of the molecule is C=CC(=O)N1CCC(C(=O)N2CCCOC(C)(C)C2)CC1. The second-order valence-corrected chi connectivity index (χ2v) is 6.53. The molecule has 2 fully saturated rings. The van der Waals surface area contributed by atoms with E-state index >= 15 is 0 Å². The molecule has 21 heavy (non-hydrogen) atoms. The molecule has 0 aromatic heterocycles. The van der Waals surface area contributed by atoms with Crippen LogP contribution in [0.15, 0.2) is 12.7 Å². The second-order valence-electron chi connectivity index (χ2n) is 6.53. The van der Waals surface area contributed by atoms with Crippen LogP contribution in [0.1, 0.15) is 33.1 Å². The first-order valence-electron chi connectivity index (χ1n) is 7.77. The molecule has 0 saturated carbocycles. The number of piperidine rings is 1. The Kier molecular flexibility index (Phi) is 5.04. The molecule has 2 heterocycles. The lowest BCUT2D eigenvalue weighted by Gasteiger charge is -2.35. The fourth-order valence-electron chi connectivity index (χ4n) is 3.11. The topological polar surface area (TPSA) is 49.9 Å². The number of likely N-dealkylation sites (tertiary alicyclic amines) is 1. The van der Waals surface area contributed by atoms with E-state index in [0.717, 1.165) is 25.8 Å². The van der Waals surface area contributed by atoms with Crippen LogP contribution in [0.4, 0.5) is 0 Å². The van der Waals surface area contributed by atoms with Crippen molar-refractivity contribution >= 4 is 11.8 Å². The van der Waals surface area contributed by atoms with Crippen LogP contribution >= 0.6 is 0 Å². The molecule has 0 bridgehead atoms. The summed E-state index contributed by atoms with van der Waals surface area (Å²) in [5.41, 5.74) is -0.272. The van der Waals surface area contributed by atoms with Crippen molar-refractivity contribution < 1.29 is 14.3 Å². The Morgan fingerprint density at radius 1 is 1.19 bits per heavy atom. The molecular formula is C16H26N2O3. The van der Waals surface area contributed by atoms with Gasteiger partial charge in [-0.2, -0.15) is 0 Å². The minimum atomic E-state index is -0.272. The van der Waals surface area contributed by atoms with Crippen molar-refractivity contribution in [3.05, 3.63) is 12.7 Å². The molecule has 0 unspecified atom stereocenters. The molecule has 0 aliphatic carbocycles. The van der Waals surface area contributed by atoms with Crippen molar-refractivity contribution in [3.8, 4) is 0 Å². The molecular weight excluding hydrogens is 268 g/mol. The van der Waals surface area contributed by atoms with E-state index < -0.39 is 0 Å². The van der Waals surface area contributed by atoms with Crippen molar-refractivity contribution in [2.45, 2.75) is 38.7 Å². The Balaban J connectivity index is 1.92. The first kappa shape index (κ1) is 16.0. The number of hydrogen-bond acceptors (Lipinski definition) is 3. The average Bonchev–Trinajstić information content (AvgIpc) is 2.66. The van der Waals surface area contributed by atoms with Crippen LogP contribution in [0.2, 0.25) is 0 Å². The minimum absolute atomic E-state index is 0.0350. The van der Waals surface area contributed by atoms with Crippen LogP contribution in [0.3, 0.4) is 0 Å². The third kappa shape index (κ3) is 4.06. The van der Waals surface area contributed by atoms with Crippen LogP contribution in [-0.2, 0) is 14.3 Å². The van der Waals surface area contributed by atoms with Gasteiger partial charge in [0, 0.05) is 38.7 Å². The van der Waals surface area contributed by atoms with Gasteiger partial charge in [0.05, 0.1) is 5.60 Å². The Labute approximate surface area is 126 Å². The Bertz CT molecular complexity index is 412. The van der Waals surface area contributed by atoms with E-state index in [9.17, 15) is 9.59 Å². The summed E-state index contributed by atoms with van der Waals surface area (Å²) in [5, 5.41) is 0. The molecule has 2 saturated heterocycles. The average molecular weight is 294 g/mol. The molecule has 0 atom stereocenters. The van der Waals surface area contributed by atoms with Crippen LogP contribution < -0.4 is 0 Å². The molecule has 5 nitrogen and oxygen atoms in total. The summed E-state index contributed by atoms with van der Waals surface area (Å²) in [5.74, 6) is 0.220. The summed E-state index contributed by atoms with van der Waals surface area (Å²) in [6.07, 6.45) is 3.73. The zero-order valence-corrected chi connectivity index (χ0v) is 13.1. The Hall–Kier alpha value is -1.36. The van der Waals surface area contributed by atoms with Crippen LogP contribution in [0.5, 0.6) is 0 Å². The highest BCUT2D eigenvalue weighted by molar-refractivity contribution is 5.87. The van der Waals surface area contributed by atoms with Crippen molar-refractivity contribution in [1.29, 1.82) is 0 Å². The number of rotatable bonds is 2. The zero-order chi connectivity index (χ0) is 15.5. The normalized spacial score (nSPS) is 23.5. The summed E-state index contributed by atoms with van der Waals surface area (Å²) in [6, 6.07) is 0. The van der Waals surface area contributed by atoms with Crippen molar-refractivity contribution in [2.24, 2.45) is 5.92 Å². The van der Waals surface area contributed by atoms with Gasteiger partial charge < -0.3 is 14.5 Å². The van der Waals surface area contributed by atoms with E-state index in [1.54, 1.807) is 4.90 Å². The van der Waals surface area contributed by atoms with E-state index in [4.69, 9.17) is 4.74 Å². The third-order valence-corrected chi connectivity index (χ3v) is 4.28. The van der Waals surface area contributed by atoms with Gasteiger partial charge in [0.1, 0.15) is 0 Å². The number of hydrogen-bond donors (Lipinski definition) is 0. The lowest BCUT2D eigenvalue weighted by atomic mass is 9.94. The Morgan fingerprint density at radius 2 is 1.86 bits per heavy atom. The van der Waals surface area contributed by atoms with Gasteiger partial charge in [-0.25, -0.2) is 0 Å². The lowest BCUT2D eigenvalue weighted by Crippen LogP contribution is -2.47. The van der Waals surface area contributed by atoms with Gasteiger partial charge in [-0.1, -0.05) is 6.58 Å². The predicted molar refractivity (Wildman–Crippen MR) is 80.7 cm³/mol. The molecule has 0 aromatic rings. The number of carbonyl (C=O) groups excluding carboxylic acids is 2. The molecule has 2 rings (SSSR count). The highest BCUT2D eigenvalue weighted by Crippen LogP contribution is 2.23. The summed E-state index contributed by atoms with van der Waals surface area (Å²) in [6.45, 7) is 11.0. The fraction of sp³-hybridized carbons (Fsp3) is 0.750. The van der Waals surface area contributed by atoms with Crippen LogP contribution in [0, 0.1) is 5.92 Å². The molecule has 2 aliphatic rings. The second kappa shape index (κ2) is 6.60. The first-order chi connectivity index (χ1) is 9.93. The smallest absolute Gasteiger partial charge is 0.245 e. The van der Waals surface area contributed by atoms with E-state index in [-0.39, 0.29) is 23.3 Å². The maximum absolute atomic E-state index is 12.7. The van der Waals surface area contributed by atoms with E-state index in [2.05, 4.69) is 6.58 Å². The van der Waals surface area contributed by atoms with E-state index in [0.29, 0.717) is 26.2 Å². The molecule has 0 radical (unpaired) electrons. The minimum Gasteiger partial charge on any atom is -0.374 e. The summed E-state index contributed by atoms with van der Waals surface area (Å²) >= 11 is 0. The van der Waals surface area contributed by atoms with Crippen LogP contribution in [0.25, 0.3) is 0 Å². The Morgan fingerprint density at radius 3 is 2.48 bits per heavy atom. The van der Waals surface area contributed by atoms with Gasteiger partial charge in [-0.15, -0.1) is 0 Å². The van der Waals surface area contributed by atoms with Gasteiger partial charge >= 0.3 is 0 Å². The molecule has 0 spiro atoms. The largest absolute Gasteiger partial charge is 0.374 e. The molecule has 2 aliphatic heterocycles. The van der Waals surface area contributed by atoms with E-state index in [1.807, 2.05) is 18.7 Å². The van der Waals surface area contributed by atoms with Crippen molar-refractivity contribution in [1.82, 2.24) is 9.80 Å². The molecule has 2 amide bonds. The number of nitrogens with zero attached hydrogens (tertiary/aromatic N) is 2. The number of ether oxygens (including phenoxy) is 1. The summed E-state index contributed by atoms with van der Waals surface area (Å²) < 4.78 is 5.76. The maximum Gasteiger partial charge on any atom is 0.245 e. The summed E-state index contributed by atoms with van der Waals surface area (Å²) in [7, 11) is 0. The standard InChI is InChI=1S/C16H26N2O3/c1-4-14(19)17-9-6-13(7-10-17)15(20)18-8-5-11-21-16(2,3)12-18/h4,13H,1,5-12H2,2-3H3. The first-order valence-corrected chi connectivity index (χ1v) is 7.77. The summed E-state index contributed by atoms with van der Waals surface area (Å²) in [4.78, 5) is 28.0. The number of carbonyl (C=O) groups is 2. The molecule has 0 N–H and O–H groups in total. The monoisotopic (exact) mass is 294 g/mol. The fourth-order valence-corrected chi connectivity index (χ4v) is 3.11. The molecule has 0 aromatic carbocycles. The van der Waals surface area contributed by atoms with Gasteiger partial charge in [-0.05, 0) is 39.2 Å². The zero-order valence-electron chi connectivity index (χ0n) is 13.1. The van der Waals surface area contributed by atoms with Gasteiger partial charge in [0.2, 0.25) is 11.8 Å². The predicted octanol–water partition coefficient (Wildman–Crippen LogP) is 1.44. The molecule has 5 heteroatoms. The lowest BCUT2D eigenvalue weighted by molar-refractivity contribution is -0.141.